The number of carbonyl (C=O) groups is 1. The van der Waals surface area contributed by atoms with Crippen LogP contribution in [0.4, 0.5) is 0 Å². The zero-order chi connectivity index (χ0) is 16.3. The molecule has 118 valence electrons. The summed E-state index contributed by atoms with van der Waals surface area (Å²) in [5, 5.41) is 11.6. The van der Waals surface area contributed by atoms with Gasteiger partial charge in [-0.05, 0) is 23.3 Å². The Kier molecular flexibility index (Phi) is 5.39. The van der Waals surface area contributed by atoms with Gasteiger partial charge in [0, 0.05) is 11.3 Å². The summed E-state index contributed by atoms with van der Waals surface area (Å²) in [7, 11) is -3.85. The fourth-order valence-corrected chi connectivity index (χ4v) is 5.27. The Morgan fingerprint density at radius 2 is 2.05 bits per heavy atom. The number of sulfone groups is 1. The summed E-state index contributed by atoms with van der Waals surface area (Å²) in [6.07, 6.45) is 1.31. The number of aliphatic carboxylic acids is 1. The second-order valence-corrected chi connectivity index (χ2v) is 9.74. The van der Waals surface area contributed by atoms with Crippen LogP contribution in [0.5, 0.6) is 0 Å². The molecule has 1 aromatic heterocycles. The van der Waals surface area contributed by atoms with Crippen molar-refractivity contribution in [3.05, 3.63) is 35.0 Å². The van der Waals surface area contributed by atoms with E-state index in [1.165, 1.54) is 17.4 Å². The van der Waals surface area contributed by atoms with E-state index in [1.54, 1.807) is 12.1 Å². The molecule has 0 spiro atoms. The van der Waals surface area contributed by atoms with Crippen LogP contribution in [-0.4, -0.2) is 30.0 Å². The SMILES string of the molecule is C=CCS(=O)(=O)C(Cc1cccs1)(CC(C)(C)C)C(=O)O. The number of carboxylic acids is 1. The molecule has 0 aliphatic carbocycles. The van der Waals surface area contributed by atoms with Gasteiger partial charge in [0.15, 0.2) is 14.6 Å². The van der Waals surface area contributed by atoms with Gasteiger partial charge >= 0.3 is 5.97 Å². The Hall–Kier alpha value is -1.14. The lowest BCUT2D eigenvalue weighted by Gasteiger charge is -2.34. The Labute approximate surface area is 130 Å². The van der Waals surface area contributed by atoms with Crippen molar-refractivity contribution >= 4 is 27.1 Å². The summed E-state index contributed by atoms with van der Waals surface area (Å²) in [4.78, 5) is 12.7. The Bertz CT molecular complexity index is 594. The van der Waals surface area contributed by atoms with E-state index in [0.717, 1.165) is 4.88 Å². The van der Waals surface area contributed by atoms with Crippen molar-refractivity contribution in [1.29, 1.82) is 0 Å². The topological polar surface area (TPSA) is 71.4 Å². The highest BCUT2D eigenvalue weighted by Gasteiger charge is 2.52. The third kappa shape index (κ3) is 4.17. The van der Waals surface area contributed by atoms with E-state index in [4.69, 9.17) is 0 Å². The third-order valence-corrected chi connectivity index (χ3v) is 6.38. The molecule has 0 radical (unpaired) electrons. The van der Waals surface area contributed by atoms with Gasteiger partial charge in [0.25, 0.3) is 0 Å². The van der Waals surface area contributed by atoms with E-state index in [1.807, 2.05) is 26.2 Å². The van der Waals surface area contributed by atoms with Crippen molar-refractivity contribution in [3.8, 4) is 0 Å². The normalized spacial score (nSPS) is 15.4. The molecule has 1 unspecified atom stereocenters. The summed E-state index contributed by atoms with van der Waals surface area (Å²) in [5.41, 5.74) is -0.427. The molecule has 0 aliphatic heterocycles. The van der Waals surface area contributed by atoms with E-state index in [0.29, 0.717) is 0 Å². The average molecular weight is 330 g/mol. The van der Waals surface area contributed by atoms with Gasteiger partial charge in [0.1, 0.15) is 0 Å². The maximum absolute atomic E-state index is 12.7. The van der Waals surface area contributed by atoms with Crippen LogP contribution in [0.3, 0.4) is 0 Å². The summed E-state index contributed by atoms with van der Waals surface area (Å²) in [6.45, 7) is 8.99. The predicted molar refractivity (Wildman–Crippen MR) is 86.4 cm³/mol. The molecule has 0 amide bonds. The fourth-order valence-electron chi connectivity index (χ4n) is 2.43. The van der Waals surface area contributed by atoms with Crippen LogP contribution in [0.2, 0.25) is 0 Å². The minimum Gasteiger partial charge on any atom is -0.480 e. The molecule has 0 bridgehead atoms. The maximum Gasteiger partial charge on any atom is 0.325 e. The molecular weight excluding hydrogens is 308 g/mol. The highest BCUT2D eigenvalue weighted by Crippen LogP contribution is 2.37. The molecule has 1 heterocycles. The van der Waals surface area contributed by atoms with Gasteiger partial charge in [-0.15, -0.1) is 17.9 Å². The highest BCUT2D eigenvalue weighted by atomic mass is 32.2. The molecule has 6 heteroatoms. The van der Waals surface area contributed by atoms with Crippen LogP contribution in [0.15, 0.2) is 30.2 Å². The lowest BCUT2D eigenvalue weighted by molar-refractivity contribution is -0.141. The van der Waals surface area contributed by atoms with Gasteiger partial charge < -0.3 is 5.11 Å². The summed E-state index contributed by atoms with van der Waals surface area (Å²) >= 11 is 1.37. The van der Waals surface area contributed by atoms with Crippen molar-refractivity contribution in [2.75, 3.05) is 5.75 Å². The zero-order valence-electron chi connectivity index (χ0n) is 12.6. The second kappa shape index (κ2) is 6.32. The van der Waals surface area contributed by atoms with Crippen LogP contribution in [0.1, 0.15) is 32.1 Å². The molecule has 4 nitrogen and oxygen atoms in total. The summed E-state index contributed by atoms with van der Waals surface area (Å²) in [5.74, 6) is -1.62. The molecule has 1 atom stereocenters. The lowest BCUT2D eigenvalue weighted by atomic mass is 9.82. The molecular formula is C15H22O4S2. The van der Waals surface area contributed by atoms with Crippen molar-refractivity contribution in [2.45, 2.75) is 38.4 Å². The van der Waals surface area contributed by atoms with E-state index in [-0.39, 0.29) is 18.6 Å². The standard InChI is InChI=1S/C15H22O4S2/c1-5-9-21(18,19)15(13(16)17,11-14(2,3)4)10-12-7-6-8-20-12/h5-8H,1,9-11H2,2-4H3,(H,16,17). The molecule has 0 saturated heterocycles. The molecule has 1 rings (SSSR count). The van der Waals surface area contributed by atoms with Gasteiger partial charge in [0.2, 0.25) is 0 Å². The fraction of sp³-hybridized carbons (Fsp3) is 0.533. The van der Waals surface area contributed by atoms with Crippen LogP contribution in [0, 0.1) is 5.41 Å². The first-order valence-electron chi connectivity index (χ1n) is 6.63. The van der Waals surface area contributed by atoms with E-state index in [9.17, 15) is 18.3 Å². The van der Waals surface area contributed by atoms with E-state index in [2.05, 4.69) is 6.58 Å². The number of hydrogen-bond acceptors (Lipinski definition) is 4. The Morgan fingerprint density at radius 1 is 1.43 bits per heavy atom. The summed E-state index contributed by atoms with van der Waals surface area (Å²) < 4.78 is 23.5. The quantitative estimate of drug-likeness (QED) is 0.780. The number of hydrogen-bond donors (Lipinski definition) is 1. The predicted octanol–water partition coefficient (Wildman–Crippen LogP) is 3.15. The lowest BCUT2D eigenvalue weighted by Crippen LogP contribution is -2.51. The number of rotatable bonds is 7. The van der Waals surface area contributed by atoms with Crippen molar-refractivity contribution in [1.82, 2.24) is 0 Å². The largest absolute Gasteiger partial charge is 0.480 e. The number of thiophene rings is 1. The number of carboxylic acid groups (broad SMARTS) is 1. The van der Waals surface area contributed by atoms with Crippen molar-refractivity contribution in [2.24, 2.45) is 5.41 Å². The van der Waals surface area contributed by atoms with Crippen LogP contribution in [-0.2, 0) is 21.1 Å². The molecule has 0 aliphatic rings. The zero-order valence-corrected chi connectivity index (χ0v) is 14.3. The first kappa shape index (κ1) is 17.9. The smallest absolute Gasteiger partial charge is 0.325 e. The second-order valence-electron chi connectivity index (χ2n) is 6.36. The summed E-state index contributed by atoms with van der Waals surface area (Å²) in [6, 6.07) is 3.57. The molecule has 1 N–H and O–H groups in total. The highest BCUT2D eigenvalue weighted by molar-refractivity contribution is 7.93. The first-order valence-corrected chi connectivity index (χ1v) is 9.16. The van der Waals surface area contributed by atoms with Crippen molar-refractivity contribution in [3.63, 3.8) is 0 Å². The van der Waals surface area contributed by atoms with Gasteiger partial charge in [-0.3, -0.25) is 4.79 Å². The first-order chi connectivity index (χ1) is 9.54. The van der Waals surface area contributed by atoms with Gasteiger partial charge in [-0.25, -0.2) is 8.42 Å². The molecule has 1 aromatic rings. The molecule has 0 aromatic carbocycles. The van der Waals surface area contributed by atoms with Crippen LogP contribution < -0.4 is 0 Å². The Balaban J connectivity index is 3.42. The monoisotopic (exact) mass is 330 g/mol. The minimum absolute atomic E-state index is 0.00650. The van der Waals surface area contributed by atoms with Crippen molar-refractivity contribution < 1.29 is 18.3 Å². The van der Waals surface area contributed by atoms with Gasteiger partial charge in [-0.2, -0.15) is 0 Å². The maximum atomic E-state index is 12.7. The third-order valence-electron chi connectivity index (χ3n) is 3.18. The average Bonchev–Trinajstić information content (AvgIpc) is 2.78. The molecule has 0 fully saturated rings. The minimum atomic E-state index is -3.85. The van der Waals surface area contributed by atoms with Crippen LogP contribution in [0.25, 0.3) is 0 Å². The van der Waals surface area contributed by atoms with E-state index >= 15 is 0 Å². The Morgan fingerprint density at radius 3 is 2.43 bits per heavy atom. The van der Waals surface area contributed by atoms with Crippen LogP contribution >= 0.6 is 11.3 Å². The van der Waals surface area contributed by atoms with E-state index < -0.39 is 26.0 Å². The van der Waals surface area contributed by atoms with Gasteiger partial charge in [-0.1, -0.05) is 32.9 Å². The molecule has 0 saturated carbocycles. The van der Waals surface area contributed by atoms with Gasteiger partial charge in [0.05, 0.1) is 5.75 Å². The molecule has 21 heavy (non-hydrogen) atoms.